The fraction of sp³-hybridized carbons (Fsp3) is 0.583. The summed E-state index contributed by atoms with van der Waals surface area (Å²) in [5.41, 5.74) is 1.65. The van der Waals surface area contributed by atoms with Crippen LogP contribution in [0.2, 0.25) is 0 Å². The number of nitrogens with zero attached hydrogens (tertiary/aromatic N) is 2. The zero-order chi connectivity index (χ0) is 15.3. The molecule has 1 heterocycles. The highest BCUT2D eigenvalue weighted by Gasteiger charge is 2.19. The van der Waals surface area contributed by atoms with Crippen molar-refractivity contribution in [1.82, 2.24) is 20.4 Å². The van der Waals surface area contributed by atoms with Gasteiger partial charge in [-0.05, 0) is 29.3 Å². The number of aromatic nitrogens is 2. The average molecular weight is 347 g/mol. The van der Waals surface area contributed by atoms with Crippen molar-refractivity contribution in [3.63, 3.8) is 0 Å². The van der Waals surface area contributed by atoms with E-state index < -0.39 is 18.0 Å². The number of amides is 2. The van der Waals surface area contributed by atoms with E-state index in [2.05, 4.69) is 31.7 Å². The van der Waals surface area contributed by atoms with Crippen LogP contribution < -0.4 is 10.6 Å². The first-order valence-electron chi connectivity index (χ1n) is 6.32. The molecular formula is C12H19BrN4O3. The predicted molar refractivity (Wildman–Crippen MR) is 77.3 cm³/mol. The van der Waals surface area contributed by atoms with Crippen molar-refractivity contribution in [2.45, 2.75) is 39.3 Å². The van der Waals surface area contributed by atoms with Crippen molar-refractivity contribution in [3.8, 4) is 0 Å². The summed E-state index contributed by atoms with van der Waals surface area (Å²) < 4.78 is 2.50. The van der Waals surface area contributed by atoms with E-state index in [1.165, 1.54) is 0 Å². The molecule has 0 spiro atoms. The molecule has 0 radical (unpaired) electrons. The Morgan fingerprint density at radius 2 is 2.15 bits per heavy atom. The van der Waals surface area contributed by atoms with Crippen molar-refractivity contribution >= 4 is 27.9 Å². The van der Waals surface area contributed by atoms with Crippen molar-refractivity contribution < 1.29 is 14.7 Å². The number of hydrogen-bond acceptors (Lipinski definition) is 3. The first-order valence-corrected chi connectivity index (χ1v) is 7.11. The Labute approximate surface area is 125 Å². The van der Waals surface area contributed by atoms with Crippen LogP contribution in [0.4, 0.5) is 4.79 Å². The minimum atomic E-state index is -1.03. The number of rotatable bonds is 6. The largest absolute Gasteiger partial charge is 0.480 e. The molecule has 1 rings (SSSR count). The smallest absolute Gasteiger partial charge is 0.326 e. The van der Waals surface area contributed by atoms with Crippen LogP contribution in [0.25, 0.3) is 0 Å². The molecule has 0 fully saturated rings. The van der Waals surface area contributed by atoms with E-state index in [1.807, 2.05) is 13.8 Å². The highest BCUT2D eigenvalue weighted by molar-refractivity contribution is 9.10. The van der Waals surface area contributed by atoms with E-state index in [4.69, 9.17) is 5.11 Å². The third-order valence-electron chi connectivity index (χ3n) is 2.86. The van der Waals surface area contributed by atoms with Crippen LogP contribution in [0.3, 0.4) is 0 Å². The number of nitrogens with one attached hydrogen (secondary N) is 2. The molecule has 2 amide bonds. The molecular weight excluding hydrogens is 328 g/mol. The van der Waals surface area contributed by atoms with Gasteiger partial charge in [-0.15, -0.1) is 0 Å². The molecule has 1 unspecified atom stereocenters. The number of aliphatic carboxylic acids is 1. The van der Waals surface area contributed by atoms with Gasteiger partial charge in [-0.2, -0.15) is 5.10 Å². The van der Waals surface area contributed by atoms with Crippen molar-refractivity contribution in [2.75, 3.05) is 0 Å². The summed E-state index contributed by atoms with van der Waals surface area (Å²) >= 11 is 3.40. The summed E-state index contributed by atoms with van der Waals surface area (Å²) in [5, 5.41) is 18.2. The van der Waals surface area contributed by atoms with Gasteiger partial charge in [0.05, 0.1) is 22.4 Å². The molecule has 0 aliphatic heterocycles. The molecule has 0 aliphatic carbocycles. The Morgan fingerprint density at radius 3 is 2.60 bits per heavy atom. The van der Waals surface area contributed by atoms with E-state index >= 15 is 0 Å². The molecule has 0 saturated heterocycles. The average Bonchev–Trinajstić information content (AvgIpc) is 2.60. The number of urea groups is 1. The van der Waals surface area contributed by atoms with Gasteiger partial charge < -0.3 is 15.7 Å². The van der Waals surface area contributed by atoms with Gasteiger partial charge >= 0.3 is 12.0 Å². The van der Waals surface area contributed by atoms with Gasteiger partial charge in [0.1, 0.15) is 6.04 Å². The standard InChI is InChI=1S/C12H19BrN4O3/c1-4-5-8(11(18)19)15-12(20)14-6-9-10(13)7(2)16-17(9)3/h8H,4-6H2,1-3H3,(H,18,19)(H2,14,15,20). The van der Waals surface area contributed by atoms with Crippen LogP contribution in [0.5, 0.6) is 0 Å². The number of halogens is 1. The summed E-state index contributed by atoms with van der Waals surface area (Å²) in [5.74, 6) is -1.03. The van der Waals surface area contributed by atoms with E-state index in [0.717, 1.165) is 15.9 Å². The Bertz CT molecular complexity index is 501. The lowest BCUT2D eigenvalue weighted by molar-refractivity contribution is -0.139. The van der Waals surface area contributed by atoms with Gasteiger partial charge in [-0.3, -0.25) is 4.68 Å². The molecule has 0 aromatic carbocycles. The summed E-state index contributed by atoms with van der Waals surface area (Å²) in [6, 6.07) is -1.37. The molecule has 0 aliphatic rings. The third kappa shape index (κ3) is 4.22. The number of hydrogen-bond donors (Lipinski definition) is 3. The maximum absolute atomic E-state index is 11.7. The van der Waals surface area contributed by atoms with Crippen LogP contribution in [-0.2, 0) is 18.4 Å². The Morgan fingerprint density at radius 1 is 1.50 bits per heavy atom. The molecule has 1 atom stereocenters. The normalized spacial score (nSPS) is 12.0. The van der Waals surface area contributed by atoms with Crippen LogP contribution >= 0.6 is 15.9 Å². The first-order chi connectivity index (χ1) is 9.36. The zero-order valence-electron chi connectivity index (χ0n) is 11.7. The topological polar surface area (TPSA) is 96.3 Å². The minimum Gasteiger partial charge on any atom is -0.480 e. The third-order valence-corrected chi connectivity index (χ3v) is 3.89. The minimum absolute atomic E-state index is 0.266. The first kappa shape index (κ1) is 16.5. The van der Waals surface area contributed by atoms with Crippen LogP contribution in [0.1, 0.15) is 31.2 Å². The second-order valence-electron chi connectivity index (χ2n) is 4.48. The highest BCUT2D eigenvalue weighted by Crippen LogP contribution is 2.19. The quantitative estimate of drug-likeness (QED) is 0.727. The van der Waals surface area contributed by atoms with E-state index in [1.54, 1.807) is 11.7 Å². The maximum Gasteiger partial charge on any atom is 0.326 e. The second kappa shape index (κ2) is 7.28. The fourth-order valence-electron chi connectivity index (χ4n) is 1.79. The second-order valence-corrected chi connectivity index (χ2v) is 5.27. The monoisotopic (exact) mass is 346 g/mol. The molecule has 1 aromatic rings. The number of carbonyl (C=O) groups excluding carboxylic acids is 1. The SMILES string of the molecule is CCCC(NC(=O)NCc1c(Br)c(C)nn1C)C(=O)O. The Hall–Kier alpha value is -1.57. The highest BCUT2D eigenvalue weighted by atomic mass is 79.9. The van der Waals surface area contributed by atoms with E-state index in [0.29, 0.717) is 12.8 Å². The molecule has 3 N–H and O–H groups in total. The van der Waals surface area contributed by atoms with Crippen molar-refractivity contribution in [1.29, 1.82) is 0 Å². The molecule has 20 heavy (non-hydrogen) atoms. The summed E-state index contributed by atoms with van der Waals surface area (Å²) in [6.07, 6.45) is 1.08. The lowest BCUT2D eigenvalue weighted by atomic mass is 10.2. The molecule has 112 valence electrons. The van der Waals surface area contributed by atoms with Crippen LogP contribution in [0.15, 0.2) is 4.47 Å². The Balaban J connectivity index is 2.56. The van der Waals surface area contributed by atoms with E-state index in [-0.39, 0.29) is 6.54 Å². The van der Waals surface area contributed by atoms with Gasteiger partial charge in [-0.25, -0.2) is 9.59 Å². The molecule has 8 heteroatoms. The van der Waals surface area contributed by atoms with Crippen LogP contribution in [0, 0.1) is 6.92 Å². The van der Waals surface area contributed by atoms with Gasteiger partial charge in [0.25, 0.3) is 0 Å². The van der Waals surface area contributed by atoms with Gasteiger partial charge in [0.2, 0.25) is 0 Å². The lowest BCUT2D eigenvalue weighted by Crippen LogP contribution is -2.45. The molecule has 1 aromatic heterocycles. The fourth-order valence-corrected chi connectivity index (χ4v) is 2.27. The Kier molecular flexibility index (Phi) is 6.00. The van der Waals surface area contributed by atoms with Crippen molar-refractivity contribution in [2.24, 2.45) is 7.05 Å². The van der Waals surface area contributed by atoms with Crippen molar-refractivity contribution in [3.05, 3.63) is 15.9 Å². The van der Waals surface area contributed by atoms with Gasteiger partial charge in [-0.1, -0.05) is 13.3 Å². The maximum atomic E-state index is 11.7. The van der Waals surface area contributed by atoms with Gasteiger partial charge in [0.15, 0.2) is 0 Å². The van der Waals surface area contributed by atoms with Gasteiger partial charge in [0, 0.05) is 7.05 Å². The number of carboxylic acids is 1. The summed E-state index contributed by atoms with van der Waals surface area (Å²) in [7, 11) is 1.78. The summed E-state index contributed by atoms with van der Waals surface area (Å²) in [4.78, 5) is 22.7. The summed E-state index contributed by atoms with van der Waals surface area (Å²) in [6.45, 7) is 3.99. The van der Waals surface area contributed by atoms with E-state index in [9.17, 15) is 9.59 Å². The zero-order valence-corrected chi connectivity index (χ0v) is 13.3. The number of aryl methyl sites for hydroxylation is 2. The lowest BCUT2D eigenvalue weighted by Gasteiger charge is -2.14. The molecule has 0 bridgehead atoms. The number of carbonyl (C=O) groups is 2. The molecule has 7 nitrogen and oxygen atoms in total. The predicted octanol–water partition coefficient (Wildman–Crippen LogP) is 1.54. The number of carboxylic acid groups (broad SMARTS) is 1. The van der Waals surface area contributed by atoms with Crippen LogP contribution in [-0.4, -0.2) is 32.9 Å². The molecule has 0 saturated carbocycles.